The zero-order valence-electron chi connectivity index (χ0n) is 21.9. The number of carbonyl (C=O) groups is 3. The first-order chi connectivity index (χ1) is 18.5. The Kier molecular flexibility index (Phi) is 7.91. The Morgan fingerprint density at radius 1 is 0.947 bits per heavy atom. The number of hydrogen-bond donors (Lipinski definition) is 2. The molecule has 9 heteroatoms. The molecule has 0 saturated carbocycles. The molecule has 0 radical (unpaired) electrons. The van der Waals surface area contributed by atoms with Gasteiger partial charge in [-0.05, 0) is 79.8 Å². The predicted molar refractivity (Wildman–Crippen MR) is 146 cm³/mol. The van der Waals surface area contributed by atoms with Gasteiger partial charge in [0.15, 0.2) is 0 Å². The van der Waals surface area contributed by atoms with Crippen LogP contribution < -0.4 is 10.6 Å². The monoisotopic (exact) mass is 516 g/mol. The van der Waals surface area contributed by atoms with Crippen LogP contribution in [0.3, 0.4) is 0 Å². The minimum absolute atomic E-state index is 0.193. The van der Waals surface area contributed by atoms with Crippen molar-refractivity contribution in [2.45, 2.75) is 64.0 Å². The second kappa shape index (κ2) is 11.7. The smallest absolute Gasteiger partial charge is 0.319 e. The van der Waals surface area contributed by atoms with Crippen LogP contribution in [0.15, 0.2) is 55.0 Å². The van der Waals surface area contributed by atoms with E-state index in [0.717, 1.165) is 55.4 Å². The maximum atomic E-state index is 12.9. The summed E-state index contributed by atoms with van der Waals surface area (Å²) in [5, 5.41) is 5.76. The summed E-state index contributed by atoms with van der Waals surface area (Å²) in [6.45, 7) is 4.37. The number of nitrogens with zero attached hydrogens (tertiary/aromatic N) is 4. The third-order valence-electron chi connectivity index (χ3n) is 7.88. The number of fused-ring (bicyclic) bond motifs is 1. The van der Waals surface area contributed by atoms with Crippen molar-refractivity contribution in [2.75, 3.05) is 25.0 Å². The molecular formula is C29H36N6O3. The topological polar surface area (TPSA) is 99.0 Å². The molecule has 1 aromatic carbocycles. The number of urea groups is 1. The molecule has 2 saturated heterocycles. The van der Waals surface area contributed by atoms with Crippen LogP contribution >= 0.6 is 0 Å². The maximum Gasteiger partial charge on any atom is 0.319 e. The van der Waals surface area contributed by atoms with Crippen LogP contribution in [0.4, 0.5) is 10.5 Å². The Bertz CT molecular complexity index is 1280. The van der Waals surface area contributed by atoms with Crippen LogP contribution in [0.1, 0.15) is 62.5 Å². The predicted octanol–water partition coefficient (Wildman–Crippen LogP) is 4.15. The normalized spacial score (nSPS) is 18.4. The van der Waals surface area contributed by atoms with Gasteiger partial charge < -0.3 is 24.8 Å². The van der Waals surface area contributed by atoms with Crippen molar-refractivity contribution in [3.63, 3.8) is 0 Å². The number of aromatic nitrogens is 2. The van der Waals surface area contributed by atoms with Crippen LogP contribution in [0.2, 0.25) is 0 Å². The number of imidazole rings is 1. The van der Waals surface area contributed by atoms with Gasteiger partial charge in [-0.3, -0.25) is 9.59 Å². The lowest BCUT2D eigenvalue weighted by molar-refractivity contribution is -0.154. The number of piperidine rings is 2. The van der Waals surface area contributed by atoms with Crippen LogP contribution in [0.5, 0.6) is 0 Å². The summed E-state index contributed by atoms with van der Waals surface area (Å²) in [5.41, 5.74) is 3.72. The molecule has 1 unspecified atom stereocenters. The Balaban J connectivity index is 1.08. The van der Waals surface area contributed by atoms with E-state index in [1.54, 1.807) is 16.0 Å². The van der Waals surface area contributed by atoms with Gasteiger partial charge in [-0.1, -0.05) is 19.1 Å². The molecule has 2 fully saturated rings. The lowest BCUT2D eigenvalue weighted by Gasteiger charge is -2.37. The SMILES string of the molecule is CCC1CCCCN1C(=O)C(=O)N1CCC(c2ccc(NC(=O)NCc3ccn4ccnc4c3)cc2)CC1. The number of benzene rings is 1. The van der Waals surface area contributed by atoms with Gasteiger partial charge in [-0.2, -0.15) is 0 Å². The number of pyridine rings is 1. The number of likely N-dealkylation sites (tertiary alicyclic amines) is 2. The summed E-state index contributed by atoms with van der Waals surface area (Å²) in [6, 6.07) is 11.7. The molecule has 2 aliphatic heterocycles. The molecule has 38 heavy (non-hydrogen) atoms. The minimum Gasteiger partial charge on any atom is -0.334 e. The fraction of sp³-hybridized carbons (Fsp3) is 0.448. The first kappa shape index (κ1) is 25.8. The first-order valence-corrected chi connectivity index (χ1v) is 13.7. The molecular weight excluding hydrogens is 480 g/mol. The molecule has 4 amide bonds. The van der Waals surface area contributed by atoms with Crippen LogP contribution in [0.25, 0.3) is 5.65 Å². The van der Waals surface area contributed by atoms with Crippen LogP contribution in [-0.4, -0.2) is 62.7 Å². The van der Waals surface area contributed by atoms with Gasteiger partial charge in [-0.15, -0.1) is 0 Å². The third-order valence-corrected chi connectivity index (χ3v) is 7.88. The van der Waals surface area contributed by atoms with Crippen molar-refractivity contribution < 1.29 is 14.4 Å². The molecule has 3 aromatic rings. The summed E-state index contributed by atoms with van der Waals surface area (Å²) in [7, 11) is 0. The second-order valence-corrected chi connectivity index (χ2v) is 10.3. The Morgan fingerprint density at radius 3 is 2.50 bits per heavy atom. The van der Waals surface area contributed by atoms with Crippen LogP contribution in [0, 0.1) is 0 Å². The van der Waals surface area contributed by atoms with E-state index in [1.165, 1.54) is 5.56 Å². The lowest BCUT2D eigenvalue weighted by atomic mass is 9.89. The average Bonchev–Trinajstić information content (AvgIpc) is 3.44. The maximum absolute atomic E-state index is 12.9. The zero-order chi connectivity index (χ0) is 26.5. The molecule has 5 rings (SSSR count). The average molecular weight is 517 g/mol. The zero-order valence-corrected chi connectivity index (χ0v) is 21.9. The largest absolute Gasteiger partial charge is 0.334 e. The molecule has 200 valence electrons. The van der Waals surface area contributed by atoms with Gasteiger partial charge in [0, 0.05) is 56.5 Å². The number of rotatable bonds is 5. The highest BCUT2D eigenvalue weighted by Gasteiger charge is 2.34. The quantitative estimate of drug-likeness (QED) is 0.498. The molecule has 0 spiro atoms. The van der Waals surface area contributed by atoms with E-state index in [2.05, 4.69) is 22.5 Å². The molecule has 0 bridgehead atoms. The van der Waals surface area contributed by atoms with E-state index in [0.29, 0.717) is 32.1 Å². The van der Waals surface area contributed by atoms with E-state index < -0.39 is 0 Å². The van der Waals surface area contributed by atoms with E-state index in [1.807, 2.05) is 53.2 Å². The second-order valence-electron chi connectivity index (χ2n) is 10.3. The number of anilines is 1. The Morgan fingerprint density at radius 2 is 1.74 bits per heavy atom. The fourth-order valence-electron chi connectivity index (χ4n) is 5.63. The number of hydrogen-bond acceptors (Lipinski definition) is 4. The van der Waals surface area contributed by atoms with E-state index in [4.69, 9.17) is 0 Å². The molecule has 1 atom stereocenters. The summed E-state index contributed by atoms with van der Waals surface area (Å²) in [5.74, 6) is -0.349. The van der Waals surface area contributed by atoms with Gasteiger partial charge in [-0.25, -0.2) is 9.78 Å². The van der Waals surface area contributed by atoms with E-state index >= 15 is 0 Å². The van der Waals surface area contributed by atoms with Crippen molar-refractivity contribution in [1.82, 2.24) is 24.5 Å². The van der Waals surface area contributed by atoms with Crippen molar-refractivity contribution >= 4 is 29.2 Å². The number of carbonyl (C=O) groups excluding carboxylic acids is 3. The highest BCUT2D eigenvalue weighted by atomic mass is 16.2. The highest BCUT2D eigenvalue weighted by molar-refractivity contribution is 6.35. The Hall–Kier alpha value is -3.88. The molecule has 2 aromatic heterocycles. The summed E-state index contributed by atoms with van der Waals surface area (Å²) < 4.78 is 1.92. The lowest BCUT2D eigenvalue weighted by Crippen LogP contribution is -2.52. The first-order valence-electron chi connectivity index (χ1n) is 13.7. The standard InChI is InChI=1S/C29H36N6O3/c1-2-25-5-3-4-14-35(25)28(37)27(36)34-16-11-23(12-17-34)22-6-8-24(9-7-22)32-29(38)31-20-21-10-15-33-18-13-30-26(33)19-21/h6-10,13,15,18-19,23,25H,2-5,11-12,14,16-17,20H2,1H3,(H2,31,32,38). The van der Waals surface area contributed by atoms with E-state index in [9.17, 15) is 14.4 Å². The van der Waals surface area contributed by atoms with Crippen LogP contribution in [-0.2, 0) is 16.1 Å². The summed E-state index contributed by atoms with van der Waals surface area (Å²) >= 11 is 0. The van der Waals surface area contributed by atoms with Crippen molar-refractivity contribution in [2.24, 2.45) is 0 Å². The van der Waals surface area contributed by atoms with Gasteiger partial charge in [0.05, 0.1) is 0 Å². The third kappa shape index (κ3) is 5.82. The van der Waals surface area contributed by atoms with Gasteiger partial charge >= 0.3 is 17.8 Å². The molecule has 4 heterocycles. The summed E-state index contributed by atoms with van der Waals surface area (Å²) in [6.07, 6.45) is 11.2. The highest BCUT2D eigenvalue weighted by Crippen LogP contribution is 2.29. The molecule has 0 aliphatic carbocycles. The fourth-order valence-corrected chi connectivity index (χ4v) is 5.63. The van der Waals surface area contributed by atoms with E-state index in [-0.39, 0.29) is 23.9 Å². The summed E-state index contributed by atoms with van der Waals surface area (Å²) in [4.78, 5) is 46.0. The Labute approximate surface area is 223 Å². The molecule has 2 aliphatic rings. The van der Waals surface area contributed by atoms with Gasteiger partial charge in [0.1, 0.15) is 5.65 Å². The minimum atomic E-state index is -0.348. The molecule has 2 N–H and O–H groups in total. The van der Waals surface area contributed by atoms with Crippen molar-refractivity contribution in [3.8, 4) is 0 Å². The van der Waals surface area contributed by atoms with Gasteiger partial charge in [0.25, 0.3) is 0 Å². The van der Waals surface area contributed by atoms with Crippen molar-refractivity contribution in [1.29, 1.82) is 0 Å². The van der Waals surface area contributed by atoms with Gasteiger partial charge in [0.2, 0.25) is 0 Å². The van der Waals surface area contributed by atoms with Crippen molar-refractivity contribution in [3.05, 3.63) is 66.1 Å². The number of nitrogens with one attached hydrogen (secondary N) is 2. The number of amides is 4. The molecule has 9 nitrogen and oxygen atoms in total.